The summed E-state index contributed by atoms with van der Waals surface area (Å²) in [6.07, 6.45) is 0. The number of anilines is 1. The number of benzene rings is 2. The monoisotopic (exact) mass is 326 g/mol. The molecule has 0 unspecified atom stereocenters. The van der Waals surface area contributed by atoms with Gasteiger partial charge < -0.3 is 19.9 Å². The Morgan fingerprint density at radius 2 is 1.83 bits per heavy atom. The standard InChI is InChI=1S/C17H14N2O5/c1-23-13-7-11-12(8-14(13)24-2)19-16(20)15(11)18-10-5-3-4-9(6-10)17(21)22/h3-8H,1-2H3,(H,21,22)(H,18,19,20). The predicted octanol–water partition coefficient (Wildman–Crippen LogP) is 2.47. The fraction of sp³-hybridized carbons (Fsp3) is 0.118. The number of amides is 1. The highest BCUT2D eigenvalue weighted by Crippen LogP contribution is 2.36. The van der Waals surface area contributed by atoms with E-state index in [1.54, 1.807) is 24.3 Å². The largest absolute Gasteiger partial charge is 0.493 e. The summed E-state index contributed by atoms with van der Waals surface area (Å²) in [6.45, 7) is 0. The Morgan fingerprint density at radius 3 is 2.50 bits per heavy atom. The van der Waals surface area contributed by atoms with Crippen LogP contribution in [0.1, 0.15) is 15.9 Å². The molecule has 1 aliphatic rings. The van der Waals surface area contributed by atoms with Gasteiger partial charge in [0.1, 0.15) is 5.71 Å². The van der Waals surface area contributed by atoms with Crippen molar-refractivity contribution < 1.29 is 24.2 Å². The lowest BCUT2D eigenvalue weighted by atomic mass is 10.1. The van der Waals surface area contributed by atoms with Crippen LogP contribution >= 0.6 is 0 Å². The SMILES string of the molecule is COc1cc2c(cc1OC)/C(=N/c1cccc(C(=O)O)c1)C(=O)N2. The van der Waals surface area contributed by atoms with Gasteiger partial charge in [-0.3, -0.25) is 4.79 Å². The van der Waals surface area contributed by atoms with Crippen LogP contribution in [0.25, 0.3) is 0 Å². The maximum atomic E-state index is 12.2. The molecule has 0 aliphatic carbocycles. The second-order valence-electron chi connectivity index (χ2n) is 5.02. The highest BCUT2D eigenvalue weighted by molar-refractivity contribution is 6.54. The highest BCUT2D eigenvalue weighted by atomic mass is 16.5. The molecule has 122 valence electrons. The number of hydrogen-bond donors (Lipinski definition) is 2. The Bertz CT molecular complexity index is 873. The number of nitrogens with zero attached hydrogens (tertiary/aromatic N) is 1. The molecule has 0 aromatic heterocycles. The lowest BCUT2D eigenvalue weighted by Gasteiger charge is -2.09. The van der Waals surface area contributed by atoms with Crippen LogP contribution in [-0.2, 0) is 4.79 Å². The van der Waals surface area contributed by atoms with Crippen molar-refractivity contribution in [2.45, 2.75) is 0 Å². The van der Waals surface area contributed by atoms with Crippen LogP contribution in [0, 0.1) is 0 Å². The van der Waals surface area contributed by atoms with E-state index in [-0.39, 0.29) is 17.2 Å². The molecule has 2 aromatic rings. The van der Waals surface area contributed by atoms with Crippen molar-refractivity contribution in [2.75, 3.05) is 19.5 Å². The van der Waals surface area contributed by atoms with Crippen molar-refractivity contribution in [1.82, 2.24) is 0 Å². The molecule has 7 heteroatoms. The van der Waals surface area contributed by atoms with Gasteiger partial charge in [-0.2, -0.15) is 0 Å². The Morgan fingerprint density at radius 1 is 1.12 bits per heavy atom. The molecule has 0 saturated carbocycles. The molecule has 2 N–H and O–H groups in total. The van der Waals surface area contributed by atoms with Crippen molar-refractivity contribution in [1.29, 1.82) is 0 Å². The van der Waals surface area contributed by atoms with Gasteiger partial charge >= 0.3 is 5.97 Å². The number of carbonyl (C=O) groups excluding carboxylic acids is 1. The van der Waals surface area contributed by atoms with Crippen molar-refractivity contribution >= 4 is 29.0 Å². The number of nitrogens with one attached hydrogen (secondary N) is 1. The minimum Gasteiger partial charge on any atom is -0.493 e. The molecule has 2 aromatic carbocycles. The van der Waals surface area contributed by atoms with Crippen molar-refractivity contribution in [3.8, 4) is 11.5 Å². The lowest BCUT2D eigenvalue weighted by Crippen LogP contribution is -2.13. The van der Waals surface area contributed by atoms with Gasteiger partial charge in [-0.15, -0.1) is 0 Å². The smallest absolute Gasteiger partial charge is 0.335 e. The summed E-state index contributed by atoms with van der Waals surface area (Å²) in [7, 11) is 3.01. The highest BCUT2D eigenvalue weighted by Gasteiger charge is 2.28. The number of fused-ring (bicyclic) bond motifs is 1. The molecular weight excluding hydrogens is 312 g/mol. The van der Waals surface area contributed by atoms with Gasteiger partial charge in [0.25, 0.3) is 5.91 Å². The number of carbonyl (C=O) groups is 2. The minimum atomic E-state index is -1.06. The van der Waals surface area contributed by atoms with Crippen molar-refractivity contribution in [3.05, 3.63) is 47.5 Å². The molecule has 1 heterocycles. The fourth-order valence-corrected chi connectivity index (χ4v) is 2.43. The molecule has 24 heavy (non-hydrogen) atoms. The Kier molecular flexibility index (Phi) is 3.91. The molecule has 0 fully saturated rings. The summed E-state index contributed by atoms with van der Waals surface area (Å²) in [5.41, 5.74) is 1.79. The Labute approximate surface area is 137 Å². The molecule has 0 spiro atoms. The van der Waals surface area contributed by atoms with Gasteiger partial charge in [0.05, 0.1) is 31.2 Å². The fourth-order valence-electron chi connectivity index (χ4n) is 2.43. The summed E-state index contributed by atoms with van der Waals surface area (Å²) in [6, 6.07) is 9.38. The average molecular weight is 326 g/mol. The van der Waals surface area contributed by atoms with E-state index in [4.69, 9.17) is 14.6 Å². The summed E-state index contributed by atoms with van der Waals surface area (Å²) < 4.78 is 10.5. The number of aromatic carboxylic acids is 1. The summed E-state index contributed by atoms with van der Waals surface area (Å²) in [5, 5.41) is 11.8. The van der Waals surface area contributed by atoms with Gasteiger partial charge in [0.15, 0.2) is 11.5 Å². The first-order valence-corrected chi connectivity index (χ1v) is 7.03. The van der Waals surface area contributed by atoms with E-state index in [1.807, 2.05) is 0 Å². The summed E-state index contributed by atoms with van der Waals surface area (Å²) in [5.74, 6) is -0.467. The third-order valence-corrected chi connectivity index (χ3v) is 3.58. The third kappa shape index (κ3) is 2.67. The molecule has 3 rings (SSSR count). The van der Waals surface area contributed by atoms with Crippen molar-refractivity contribution in [3.63, 3.8) is 0 Å². The van der Waals surface area contributed by atoms with E-state index in [0.29, 0.717) is 28.4 Å². The number of ether oxygens (including phenoxy) is 2. The maximum absolute atomic E-state index is 12.2. The van der Waals surface area contributed by atoms with Crippen LogP contribution in [-0.4, -0.2) is 36.9 Å². The van der Waals surface area contributed by atoms with E-state index >= 15 is 0 Å². The second kappa shape index (κ2) is 6.04. The third-order valence-electron chi connectivity index (χ3n) is 3.58. The predicted molar refractivity (Wildman–Crippen MR) is 87.8 cm³/mol. The molecular formula is C17H14N2O5. The molecule has 0 radical (unpaired) electrons. The van der Waals surface area contributed by atoms with Gasteiger partial charge in [0, 0.05) is 11.6 Å². The quantitative estimate of drug-likeness (QED) is 0.899. The number of carboxylic acids is 1. The van der Waals surface area contributed by atoms with Crippen LogP contribution in [0.4, 0.5) is 11.4 Å². The topological polar surface area (TPSA) is 97.2 Å². The molecule has 0 saturated heterocycles. The van der Waals surface area contributed by atoms with Crippen LogP contribution in [0.3, 0.4) is 0 Å². The Balaban J connectivity index is 2.09. The molecule has 7 nitrogen and oxygen atoms in total. The van der Waals surface area contributed by atoms with Crippen LogP contribution in [0.2, 0.25) is 0 Å². The van der Waals surface area contributed by atoms with E-state index < -0.39 is 5.97 Å². The molecule has 1 aliphatic heterocycles. The molecule has 1 amide bonds. The maximum Gasteiger partial charge on any atom is 0.335 e. The first kappa shape index (κ1) is 15.5. The zero-order valence-corrected chi connectivity index (χ0v) is 13.0. The van der Waals surface area contributed by atoms with Gasteiger partial charge in [-0.05, 0) is 24.3 Å². The van der Waals surface area contributed by atoms with Crippen LogP contribution < -0.4 is 14.8 Å². The van der Waals surface area contributed by atoms with E-state index in [0.717, 1.165) is 0 Å². The molecule has 0 atom stereocenters. The first-order valence-electron chi connectivity index (χ1n) is 7.03. The van der Waals surface area contributed by atoms with E-state index in [2.05, 4.69) is 10.3 Å². The number of hydrogen-bond acceptors (Lipinski definition) is 5. The first-order chi connectivity index (χ1) is 11.5. The van der Waals surface area contributed by atoms with E-state index in [9.17, 15) is 9.59 Å². The zero-order chi connectivity index (χ0) is 17.3. The minimum absolute atomic E-state index is 0.0998. The number of methoxy groups -OCH3 is 2. The normalized spacial score (nSPS) is 14.2. The molecule has 0 bridgehead atoms. The average Bonchev–Trinajstić information content (AvgIpc) is 2.88. The summed E-state index contributed by atoms with van der Waals surface area (Å²) in [4.78, 5) is 27.6. The number of rotatable bonds is 4. The van der Waals surface area contributed by atoms with Crippen LogP contribution in [0.5, 0.6) is 11.5 Å². The second-order valence-corrected chi connectivity index (χ2v) is 5.02. The van der Waals surface area contributed by atoms with Gasteiger partial charge in [-0.1, -0.05) is 6.07 Å². The summed E-state index contributed by atoms with van der Waals surface area (Å²) >= 11 is 0. The van der Waals surface area contributed by atoms with E-state index in [1.165, 1.54) is 26.4 Å². The number of carboxylic acid groups (broad SMARTS) is 1. The number of aliphatic imine (C=N–C) groups is 1. The van der Waals surface area contributed by atoms with Gasteiger partial charge in [-0.25, -0.2) is 9.79 Å². The lowest BCUT2D eigenvalue weighted by molar-refractivity contribution is -0.110. The van der Waals surface area contributed by atoms with Gasteiger partial charge in [0.2, 0.25) is 0 Å². The van der Waals surface area contributed by atoms with Crippen LogP contribution in [0.15, 0.2) is 41.4 Å². The Hall–Kier alpha value is -3.35. The zero-order valence-electron chi connectivity index (χ0n) is 13.0. The van der Waals surface area contributed by atoms with Crippen molar-refractivity contribution in [2.24, 2.45) is 4.99 Å².